The molecule has 0 amide bonds. The molecule has 0 spiro atoms. The highest BCUT2D eigenvalue weighted by Crippen LogP contribution is 2.34. The van der Waals surface area contributed by atoms with E-state index in [4.69, 9.17) is 16.3 Å². The fourth-order valence-corrected chi connectivity index (χ4v) is 1.88. The number of ether oxygens (including phenoxy) is 1. The molecule has 0 saturated carbocycles. The lowest BCUT2D eigenvalue weighted by atomic mass is 10.0. The van der Waals surface area contributed by atoms with Crippen LogP contribution in [0.15, 0.2) is 10.7 Å². The third kappa shape index (κ3) is 1.78. The minimum atomic E-state index is -0.357. The van der Waals surface area contributed by atoms with E-state index in [0.29, 0.717) is 15.5 Å². The van der Waals surface area contributed by atoms with Crippen LogP contribution in [-0.2, 0) is 10.3 Å². The van der Waals surface area contributed by atoms with Crippen LogP contribution < -0.4 is 0 Å². The second kappa shape index (κ2) is 3.76. The lowest BCUT2D eigenvalue weighted by molar-refractivity contribution is 0.00930. The van der Waals surface area contributed by atoms with Gasteiger partial charge < -0.3 is 4.74 Å². The van der Waals surface area contributed by atoms with Gasteiger partial charge in [-0.25, -0.2) is 9.97 Å². The fraction of sp³-hybridized carbons (Fsp3) is 0.556. The third-order valence-corrected chi connectivity index (χ3v) is 3.49. The molecule has 1 aromatic heterocycles. The van der Waals surface area contributed by atoms with Gasteiger partial charge in [0, 0.05) is 12.8 Å². The number of aromatic nitrogens is 2. The first-order valence-electron chi connectivity index (χ1n) is 4.44. The molecule has 0 aliphatic carbocycles. The van der Waals surface area contributed by atoms with Crippen LogP contribution in [0.1, 0.15) is 25.6 Å². The number of hydrogen-bond acceptors (Lipinski definition) is 3. The van der Waals surface area contributed by atoms with Crippen LogP contribution in [0.25, 0.3) is 0 Å². The Labute approximate surface area is 96.0 Å². The highest BCUT2D eigenvalue weighted by atomic mass is 79.9. The van der Waals surface area contributed by atoms with Crippen molar-refractivity contribution in [3.8, 4) is 0 Å². The molecular weight excluding hydrogens is 267 g/mol. The van der Waals surface area contributed by atoms with Crippen molar-refractivity contribution in [1.29, 1.82) is 0 Å². The molecule has 1 unspecified atom stereocenters. The quantitative estimate of drug-likeness (QED) is 0.740. The summed E-state index contributed by atoms with van der Waals surface area (Å²) in [6, 6.07) is 0. The summed E-state index contributed by atoms with van der Waals surface area (Å²) in [5.74, 6) is 0.670. The average Bonchev–Trinajstić information content (AvgIpc) is 2.58. The summed E-state index contributed by atoms with van der Waals surface area (Å²) < 4.78 is 6.33. The lowest BCUT2D eigenvalue weighted by Crippen LogP contribution is -2.23. The monoisotopic (exact) mass is 276 g/mol. The van der Waals surface area contributed by atoms with Gasteiger partial charge in [0.2, 0.25) is 0 Å². The number of rotatable bonds is 1. The number of nitrogens with zero attached hydrogens (tertiary/aromatic N) is 2. The van der Waals surface area contributed by atoms with Crippen LogP contribution >= 0.6 is 27.5 Å². The molecule has 0 N–H and O–H groups in total. The van der Waals surface area contributed by atoms with Crippen LogP contribution in [0.3, 0.4) is 0 Å². The lowest BCUT2D eigenvalue weighted by Gasteiger charge is -2.21. The van der Waals surface area contributed by atoms with Gasteiger partial charge in [-0.3, -0.25) is 0 Å². The van der Waals surface area contributed by atoms with Crippen LogP contribution in [-0.4, -0.2) is 16.6 Å². The topological polar surface area (TPSA) is 35.0 Å². The predicted octanol–water partition coefficient (Wildman–Crippen LogP) is 2.92. The predicted molar refractivity (Wildman–Crippen MR) is 57.3 cm³/mol. The molecule has 2 heterocycles. The van der Waals surface area contributed by atoms with Gasteiger partial charge in [0.15, 0.2) is 5.82 Å². The second-order valence-corrected chi connectivity index (χ2v) is 4.73. The zero-order chi connectivity index (χ0) is 10.2. The van der Waals surface area contributed by atoms with E-state index in [1.165, 1.54) is 0 Å². The van der Waals surface area contributed by atoms with Gasteiger partial charge in [-0.1, -0.05) is 11.6 Å². The van der Waals surface area contributed by atoms with E-state index >= 15 is 0 Å². The molecule has 1 saturated heterocycles. The Morgan fingerprint density at radius 1 is 1.64 bits per heavy atom. The van der Waals surface area contributed by atoms with Gasteiger partial charge in [0.1, 0.15) is 10.8 Å². The second-order valence-electron chi connectivity index (χ2n) is 3.52. The maximum absolute atomic E-state index is 5.90. The van der Waals surface area contributed by atoms with Crippen LogP contribution in [0.2, 0.25) is 5.15 Å². The molecule has 1 aliphatic heterocycles. The summed E-state index contributed by atoms with van der Waals surface area (Å²) in [6.45, 7) is 2.77. The van der Waals surface area contributed by atoms with Crippen molar-refractivity contribution in [2.45, 2.75) is 25.4 Å². The Kier molecular flexibility index (Phi) is 2.77. The maximum atomic E-state index is 5.90. The molecule has 14 heavy (non-hydrogen) atoms. The van der Waals surface area contributed by atoms with Gasteiger partial charge in [0.05, 0.1) is 4.47 Å². The molecule has 1 fully saturated rings. The van der Waals surface area contributed by atoms with E-state index in [1.807, 2.05) is 6.92 Å². The summed E-state index contributed by atoms with van der Waals surface area (Å²) in [4.78, 5) is 8.43. The molecule has 0 radical (unpaired) electrons. The van der Waals surface area contributed by atoms with Gasteiger partial charge in [-0.15, -0.1) is 0 Å². The Hall–Kier alpha value is -0.190. The van der Waals surface area contributed by atoms with E-state index in [-0.39, 0.29) is 5.60 Å². The van der Waals surface area contributed by atoms with Crippen LogP contribution in [0.4, 0.5) is 0 Å². The molecule has 0 bridgehead atoms. The summed E-state index contributed by atoms with van der Waals surface area (Å²) in [7, 11) is 0. The highest BCUT2D eigenvalue weighted by Gasteiger charge is 2.34. The van der Waals surface area contributed by atoms with Crippen molar-refractivity contribution in [1.82, 2.24) is 9.97 Å². The van der Waals surface area contributed by atoms with Crippen molar-refractivity contribution in [2.75, 3.05) is 6.61 Å². The Balaban J connectivity index is 2.36. The SMILES string of the molecule is CC1(c2ncc(Br)c(Cl)n2)CCCO1. The molecule has 1 aliphatic rings. The first-order valence-corrected chi connectivity index (χ1v) is 5.61. The minimum absolute atomic E-state index is 0.357. The number of hydrogen-bond donors (Lipinski definition) is 0. The van der Waals surface area contributed by atoms with Crippen LogP contribution in [0.5, 0.6) is 0 Å². The molecular formula is C9H10BrClN2O. The van der Waals surface area contributed by atoms with Gasteiger partial charge in [-0.2, -0.15) is 0 Å². The summed E-state index contributed by atoms with van der Waals surface area (Å²) in [5.41, 5.74) is -0.357. The van der Waals surface area contributed by atoms with Gasteiger partial charge in [-0.05, 0) is 35.7 Å². The molecule has 1 atom stereocenters. The van der Waals surface area contributed by atoms with E-state index in [1.54, 1.807) is 6.20 Å². The van der Waals surface area contributed by atoms with E-state index in [0.717, 1.165) is 19.4 Å². The standard InChI is InChI=1S/C9H10BrClN2O/c1-9(3-2-4-14-9)8-12-5-6(10)7(11)13-8/h5H,2-4H2,1H3. The van der Waals surface area contributed by atoms with Crippen molar-refractivity contribution in [3.63, 3.8) is 0 Å². The zero-order valence-corrected chi connectivity index (χ0v) is 10.1. The Morgan fingerprint density at radius 3 is 3.00 bits per heavy atom. The highest BCUT2D eigenvalue weighted by molar-refractivity contribution is 9.10. The van der Waals surface area contributed by atoms with Crippen molar-refractivity contribution >= 4 is 27.5 Å². The first-order chi connectivity index (χ1) is 6.62. The summed E-state index contributed by atoms with van der Waals surface area (Å²) in [5, 5.41) is 0.437. The normalized spacial score (nSPS) is 26.8. The minimum Gasteiger partial charge on any atom is -0.367 e. The van der Waals surface area contributed by atoms with Crippen molar-refractivity contribution in [2.24, 2.45) is 0 Å². The molecule has 1 aromatic rings. The average molecular weight is 278 g/mol. The smallest absolute Gasteiger partial charge is 0.161 e. The van der Waals surface area contributed by atoms with E-state index < -0.39 is 0 Å². The van der Waals surface area contributed by atoms with Crippen LogP contribution in [0, 0.1) is 0 Å². The maximum Gasteiger partial charge on any atom is 0.161 e. The number of halogens is 2. The summed E-state index contributed by atoms with van der Waals surface area (Å²) >= 11 is 9.16. The zero-order valence-electron chi connectivity index (χ0n) is 7.76. The Morgan fingerprint density at radius 2 is 2.43 bits per heavy atom. The molecule has 0 aromatic carbocycles. The Bertz CT molecular complexity index is 353. The molecule has 3 nitrogen and oxygen atoms in total. The molecule has 2 rings (SSSR count). The third-order valence-electron chi connectivity index (χ3n) is 2.39. The van der Waals surface area contributed by atoms with E-state index in [2.05, 4.69) is 25.9 Å². The fourth-order valence-electron chi connectivity index (χ4n) is 1.56. The molecule has 76 valence electrons. The van der Waals surface area contributed by atoms with E-state index in [9.17, 15) is 0 Å². The van der Waals surface area contributed by atoms with Gasteiger partial charge >= 0.3 is 0 Å². The first kappa shape index (κ1) is 10.3. The van der Waals surface area contributed by atoms with Gasteiger partial charge in [0.25, 0.3) is 0 Å². The largest absolute Gasteiger partial charge is 0.367 e. The summed E-state index contributed by atoms with van der Waals surface area (Å²) in [6.07, 6.45) is 3.66. The van der Waals surface area contributed by atoms with Crippen molar-refractivity contribution in [3.05, 3.63) is 21.6 Å². The molecule has 5 heteroatoms. The van der Waals surface area contributed by atoms with Crippen molar-refractivity contribution < 1.29 is 4.74 Å².